The number of rotatable bonds is 3. The summed E-state index contributed by atoms with van der Waals surface area (Å²) in [6, 6.07) is 7.89. The van der Waals surface area contributed by atoms with Gasteiger partial charge in [-0.2, -0.15) is 5.26 Å². The van der Waals surface area contributed by atoms with Crippen LogP contribution in [0.25, 0.3) is 0 Å². The molecule has 0 spiro atoms. The molecule has 0 atom stereocenters. The fourth-order valence-corrected chi connectivity index (χ4v) is 3.04. The Balaban J connectivity index is 1.83. The molecule has 1 aromatic carbocycles. The largest absolute Gasteiger partial charge is 0.494 e. The number of hydrogen-bond donors (Lipinski definition) is 0. The Morgan fingerprint density at radius 3 is 2.46 bits per heavy atom. The third kappa shape index (κ3) is 2.94. The topological polar surface area (TPSA) is 62.6 Å². The van der Waals surface area contributed by atoms with E-state index in [-0.39, 0.29) is 5.91 Å². The van der Waals surface area contributed by atoms with Gasteiger partial charge >= 0.3 is 7.12 Å². The molecule has 0 saturated carbocycles. The SMILES string of the molecule is CC1(C)OB(c2ccc(CN3CCCC3=O)c(C#N)c2)OC1(C)C. The van der Waals surface area contributed by atoms with Crippen LogP contribution in [0.15, 0.2) is 18.2 Å². The van der Waals surface area contributed by atoms with Crippen LogP contribution in [0.3, 0.4) is 0 Å². The van der Waals surface area contributed by atoms with E-state index >= 15 is 0 Å². The minimum atomic E-state index is -0.482. The van der Waals surface area contributed by atoms with E-state index in [2.05, 4.69) is 6.07 Å². The molecule has 6 heteroatoms. The average molecular weight is 326 g/mol. The van der Waals surface area contributed by atoms with Gasteiger partial charge in [-0.05, 0) is 51.2 Å². The normalized spacial score (nSPS) is 22.0. The summed E-state index contributed by atoms with van der Waals surface area (Å²) >= 11 is 0. The van der Waals surface area contributed by atoms with Crippen LogP contribution in [0.1, 0.15) is 51.7 Å². The molecule has 2 aliphatic rings. The molecule has 0 bridgehead atoms. The van der Waals surface area contributed by atoms with Gasteiger partial charge in [-0.3, -0.25) is 4.79 Å². The van der Waals surface area contributed by atoms with E-state index in [1.54, 1.807) is 0 Å². The van der Waals surface area contributed by atoms with E-state index in [1.165, 1.54) is 0 Å². The number of carbonyl (C=O) groups excluding carboxylic acids is 1. The van der Waals surface area contributed by atoms with Crippen LogP contribution in [0, 0.1) is 11.3 Å². The van der Waals surface area contributed by atoms with Crippen LogP contribution in [-0.4, -0.2) is 35.7 Å². The summed E-state index contributed by atoms with van der Waals surface area (Å²) in [6.45, 7) is 9.28. The zero-order chi connectivity index (χ0) is 17.5. The summed E-state index contributed by atoms with van der Waals surface area (Å²) in [5, 5.41) is 9.50. The monoisotopic (exact) mass is 326 g/mol. The molecule has 5 nitrogen and oxygen atoms in total. The molecule has 0 unspecified atom stereocenters. The predicted molar refractivity (Wildman–Crippen MR) is 91.5 cm³/mol. The van der Waals surface area contributed by atoms with Crippen molar-refractivity contribution in [3.63, 3.8) is 0 Å². The quantitative estimate of drug-likeness (QED) is 0.797. The highest BCUT2D eigenvalue weighted by molar-refractivity contribution is 6.62. The van der Waals surface area contributed by atoms with Crippen LogP contribution < -0.4 is 5.46 Å². The molecule has 3 rings (SSSR count). The minimum absolute atomic E-state index is 0.161. The van der Waals surface area contributed by atoms with E-state index in [0.29, 0.717) is 18.5 Å². The second kappa shape index (κ2) is 5.91. The van der Waals surface area contributed by atoms with Crippen molar-refractivity contribution in [2.45, 2.75) is 58.3 Å². The molecule has 0 radical (unpaired) electrons. The molecule has 2 saturated heterocycles. The van der Waals surface area contributed by atoms with Gasteiger partial charge in [0.25, 0.3) is 0 Å². The highest BCUT2D eigenvalue weighted by Crippen LogP contribution is 2.36. The van der Waals surface area contributed by atoms with Crippen LogP contribution in [0.4, 0.5) is 0 Å². The van der Waals surface area contributed by atoms with Gasteiger partial charge in [0.2, 0.25) is 5.91 Å². The lowest BCUT2D eigenvalue weighted by molar-refractivity contribution is -0.128. The highest BCUT2D eigenvalue weighted by atomic mass is 16.7. The molecule has 2 heterocycles. The zero-order valence-corrected chi connectivity index (χ0v) is 14.8. The molecule has 1 amide bonds. The van der Waals surface area contributed by atoms with E-state index in [4.69, 9.17) is 9.31 Å². The molecule has 2 fully saturated rings. The molecule has 126 valence electrons. The van der Waals surface area contributed by atoms with Gasteiger partial charge in [0.1, 0.15) is 0 Å². The summed E-state index contributed by atoms with van der Waals surface area (Å²) in [5.74, 6) is 0.161. The first kappa shape index (κ1) is 17.0. The average Bonchev–Trinajstić information content (AvgIpc) is 3.00. The van der Waals surface area contributed by atoms with E-state index in [1.807, 2.05) is 50.8 Å². The molecule has 0 N–H and O–H groups in total. The fourth-order valence-electron chi connectivity index (χ4n) is 3.04. The second-order valence-electron chi connectivity index (χ2n) is 7.54. The maximum atomic E-state index is 11.8. The maximum Gasteiger partial charge on any atom is 0.494 e. The zero-order valence-electron chi connectivity index (χ0n) is 14.8. The Morgan fingerprint density at radius 2 is 1.92 bits per heavy atom. The number of nitrogens with zero attached hydrogens (tertiary/aromatic N) is 2. The number of benzene rings is 1. The van der Waals surface area contributed by atoms with Gasteiger partial charge in [0.15, 0.2) is 0 Å². The number of likely N-dealkylation sites (tertiary alicyclic amines) is 1. The van der Waals surface area contributed by atoms with Crippen LogP contribution in [0.2, 0.25) is 0 Å². The van der Waals surface area contributed by atoms with Crippen molar-refractivity contribution in [1.29, 1.82) is 5.26 Å². The van der Waals surface area contributed by atoms with Crippen molar-refractivity contribution >= 4 is 18.5 Å². The Labute approximate surface area is 143 Å². The van der Waals surface area contributed by atoms with E-state index in [0.717, 1.165) is 24.0 Å². The van der Waals surface area contributed by atoms with Crippen molar-refractivity contribution < 1.29 is 14.1 Å². The van der Waals surface area contributed by atoms with Gasteiger partial charge in [0.05, 0.1) is 22.8 Å². The summed E-state index contributed by atoms with van der Waals surface area (Å²) in [5.41, 5.74) is 1.45. The van der Waals surface area contributed by atoms with Crippen molar-refractivity contribution in [3.05, 3.63) is 29.3 Å². The number of hydrogen-bond acceptors (Lipinski definition) is 4. The lowest BCUT2D eigenvalue weighted by atomic mass is 9.78. The third-order valence-corrected chi connectivity index (χ3v) is 5.31. The van der Waals surface area contributed by atoms with Crippen molar-refractivity contribution in [3.8, 4) is 6.07 Å². The van der Waals surface area contributed by atoms with Gasteiger partial charge in [0, 0.05) is 19.5 Å². The molecule has 2 aliphatic heterocycles. The molecular weight excluding hydrogens is 303 g/mol. The molecule has 1 aromatic rings. The first-order valence-corrected chi connectivity index (χ1v) is 8.40. The van der Waals surface area contributed by atoms with Gasteiger partial charge in [-0.15, -0.1) is 0 Å². The Morgan fingerprint density at radius 1 is 1.25 bits per heavy atom. The third-order valence-electron chi connectivity index (χ3n) is 5.31. The van der Waals surface area contributed by atoms with Crippen molar-refractivity contribution in [1.82, 2.24) is 4.90 Å². The fraction of sp³-hybridized carbons (Fsp3) is 0.556. The maximum absolute atomic E-state index is 11.8. The van der Waals surface area contributed by atoms with Crippen LogP contribution in [-0.2, 0) is 20.6 Å². The molecule has 0 aromatic heterocycles. The minimum Gasteiger partial charge on any atom is -0.399 e. The highest BCUT2D eigenvalue weighted by Gasteiger charge is 2.51. The molecule has 0 aliphatic carbocycles. The lowest BCUT2D eigenvalue weighted by Gasteiger charge is -2.32. The van der Waals surface area contributed by atoms with Gasteiger partial charge in [-0.25, -0.2) is 0 Å². The van der Waals surface area contributed by atoms with Gasteiger partial charge < -0.3 is 14.2 Å². The van der Waals surface area contributed by atoms with E-state index in [9.17, 15) is 10.1 Å². The Hall–Kier alpha value is -1.84. The Bertz CT molecular complexity index is 693. The number of amides is 1. The summed E-state index contributed by atoms with van der Waals surface area (Å²) < 4.78 is 12.1. The number of carbonyl (C=O) groups is 1. The van der Waals surface area contributed by atoms with Crippen molar-refractivity contribution in [2.75, 3.05) is 6.54 Å². The standard InChI is InChI=1S/C18H23BN2O3/c1-17(2)18(3,4)24-19(23-17)15-8-7-13(14(10-15)11-20)12-21-9-5-6-16(21)22/h7-8,10H,5-6,9,12H2,1-4H3. The number of nitriles is 1. The lowest BCUT2D eigenvalue weighted by Crippen LogP contribution is -2.41. The summed E-state index contributed by atoms with van der Waals surface area (Å²) in [4.78, 5) is 13.6. The molecule has 24 heavy (non-hydrogen) atoms. The van der Waals surface area contributed by atoms with Crippen molar-refractivity contribution in [2.24, 2.45) is 0 Å². The molecular formula is C18H23BN2O3. The smallest absolute Gasteiger partial charge is 0.399 e. The predicted octanol–water partition coefficient (Wildman–Crippen LogP) is 1.98. The van der Waals surface area contributed by atoms with Gasteiger partial charge in [-0.1, -0.05) is 12.1 Å². The first-order chi connectivity index (χ1) is 11.2. The second-order valence-corrected chi connectivity index (χ2v) is 7.54. The summed E-state index contributed by atoms with van der Waals surface area (Å²) in [6.07, 6.45) is 1.50. The van der Waals surface area contributed by atoms with Crippen LogP contribution in [0.5, 0.6) is 0 Å². The van der Waals surface area contributed by atoms with Crippen LogP contribution >= 0.6 is 0 Å². The van der Waals surface area contributed by atoms with E-state index < -0.39 is 18.3 Å². The Kier molecular flexibility index (Phi) is 4.19. The first-order valence-electron chi connectivity index (χ1n) is 8.40. The summed E-state index contributed by atoms with van der Waals surface area (Å²) in [7, 11) is -0.482.